The number of hydrogen-bond donors (Lipinski definition) is 2. The molecule has 2 N–H and O–H groups in total. The van der Waals surface area contributed by atoms with Crippen LogP contribution in [0.15, 0.2) is 53.6 Å². The third-order valence-electron chi connectivity index (χ3n) is 4.04. The third kappa shape index (κ3) is 6.76. The number of benzene rings is 2. The molecule has 0 aliphatic rings. The van der Waals surface area contributed by atoms with Crippen molar-refractivity contribution < 1.29 is 24.2 Å². The van der Waals surface area contributed by atoms with Gasteiger partial charge in [0, 0.05) is 11.6 Å². The summed E-state index contributed by atoms with van der Waals surface area (Å²) in [6.45, 7) is 3.86. The van der Waals surface area contributed by atoms with Gasteiger partial charge in [0.1, 0.15) is 12.4 Å². The minimum absolute atomic E-state index is 0.133. The summed E-state index contributed by atoms with van der Waals surface area (Å²) in [6.07, 6.45) is 1.91. The summed E-state index contributed by atoms with van der Waals surface area (Å²) in [5.74, 6) is -2.95. The number of carbonyl (C=O) groups excluding carboxylic acids is 3. The van der Waals surface area contributed by atoms with E-state index in [1.807, 2.05) is 37.3 Å². The maximum atomic E-state index is 11.7. The molecule has 0 fully saturated rings. The third-order valence-corrected chi connectivity index (χ3v) is 4.04. The van der Waals surface area contributed by atoms with Gasteiger partial charge in [-0.3, -0.25) is 9.59 Å². The summed E-state index contributed by atoms with van der Waals surface area (Å²) in [6, 6.07) is 13.5. The van der Waals surface area contributed by atoms with Crippen LogP contribution in [0.25, 0.3) is 0 Å². The molecule has 8 nitrogen and oxygen atoms in total. The maximum Gasteiger partial charge on any atom is 0.329 e. The molecule has 0 radical (unpaired) electrons. The number of rotatable bonds is 8. The van der Waals surface area contributed by atoms with E-state index in [2.05, 4.69) is 15.8 Å². The molecule has 29 heavy (non-hydrogen) atoms. The Labute approximate surface area is 168 Å². The largest absolute Gasteiger partial charge is 0.545 e. The highest BCUT2D eigenvalue weighted by atomic mass is 16.5. The lowest BCUT2D eigenvalue weighted by Gasteiger charge is -2.13. The summed E-state index contributed by atoms with van der Waals surface area (Å²) >= 11 is 0. The number of aromatic carboxylic acids is 1. The number of amides is 2. The van der Waals surface area contributed by atoms with Crippen LogP contribution in [0.5, 0.6) is 5.75 Å². The average molecular weight is 396 g/mol. The molecule has 0 aliphatic carbocycles. The Bertz CT molecular complexity index is 896. The van der Waals surface area contributed by atoms with Crippen molar-refractivity contribution in [2.24, 2.45) is 5.10 Å². The van der Waals surface area contributed by atoms with Crippen LogP contribution >= 0.6 is 0 Å². The molecule has 0 saturated carbocycles. The number of carboxylic acid groups (broad SMARTS) is 1. The molecule has 0 spiro atoms. The van der Waals surface area contributed by atoms with E-state index < -0.39 is 17.8 Å². The monoisotopic (exact) mass is 396 g/mol. The van der Waals surface area contributed by atoms with E-state index in [4.69, 9.17) is 4.74 Å². The Kier molecular flexibility index (Phi) is 7.90. The van der Waals surface area contributed by atoms with Crippen LogP contribution in [0.1, 0.15) is 41.8 Å². The molecule has 2 amide bonds. The Morgan fingerprint density at radius 2 is 1.86 bits per heavy atom. The Morgan fingerprint density at radius 1 is 1.14 bits per heavy atom. The van der Waals surface area contributed by atoms with Crippen molar-refractivity contribution >= 4 is 24.0 Å². The number of hydrogen-bond acceptors (Lipinski definition) is 6. The highest BCUT2D eigenvalue weighted by molar-refractivity contribution is 6.35. The Balaban J connectivity index is 2.01. The number of nitrogens with zero attached hydrogens (tertiary/aromatic N) is 1. The van der Waals surface area contributed by atoms with Gasteiger partial charge in [-0.05, 0) is 42.7 Å². The van der Waals surface area contributed by atoms with Gasteiger partial charge in [-0.15, -0.1) is 0 Å². The second-order valence-electron chi connectivity index (χ2n) is 6.30. The Morgan fingerprint density at radius 3 is 2.52 bits per heavy atom. The quantitative estimate of drug-likeness (QED) is 0.392. The molecule has 8 heteroatoms. The van der Waals surface area contributed by atoms with E-state index in [1.54, 1.807) is 13.0 Å². The van der Waals surface area contributed by atoms with Gasteiger partial charge in [0.2, 0.25) is 0 Å². The van der Waals surface area contributed by atoms with Crippen LogP contribution in [-0.2, 0) is 16.2 Å². The Hall–Kier alpha value is -3.68. The van der Waals surface area contributed by atoms with Crippen LogP contribution in [0.3, 0.4) is 0 Å². The van der Waals surface area contributed by atoms with Gasteiger partial charge in [-0.1, -0.05) is 37.3 Å². The number of ether oxygens (including phenoxy) is 1. The SMILES string of the molecule is CC[C@H](C)NC(=O)C(=O)N/N=C\c1ccc(OCc2ccccc2)c(C(=O)[O-])c1. The standard InChI is InChI=1S/C21H23N3O5/c1-3-14(2)23-19(25)20(26)24-22-12-16-9-10-18(17(11-16)21(27)28)29-13-15-7-5-4-6-8-15/h4-12,14H,3,13H2,1-2H3,(H,23,25)(H,24,26)(H,27,28)/p-1/b22-12-/t14-/m0/s1. The summed E-state index contributed by atoms with van der Waals surface area (Å²) in [5, 5.41) is 17.6. The highest BCUT2D eigenvalue weighted by Gasteiger charge is 2.14. The molecule has 152 valence electrons. The van der Waals surface area contributed by atoms with Crippen LogP contribution in [0, 0.1) is 0 Å². The normalized spacial score (nSPS) is 11.7. The summed E-state index contributed by atoms with van der Waals surface area (Å²) in [4.78, 5) is 34.7. The van der Waals surface area contributed by atoms with Crippen molar-refractivity contribution in [2.45, 2.75) is 32.9 Å². The summed E-state index contributed by atoms with van der Waals surface area (Å²) in [7, 11) is 0. The van der Waals surface area contributed by atoms with Crippen molar-refractivity contribution in [3.05, 3.63) is 65.2 Å². The number of nitrogens with one attached hydrogen (secondary N) is 2. The van der Waals surface area contributed by atoms with Crippen molar-refractivity contribution in [2.75, 3.05) is 0 Å². The number of hydrazone groups is 1. The fourth-order valence-electron chi connectivity index (χ4n) is 2.26. The van der Waals surface area contributed by atoms with Gasteiger partial charge in [-0.25, -0.2) is 5.43 Å². The molecule has 2 aromatic carbocycles. The van der Waals surface area contributed by atoms with E-state index in [0.717, 1.165) is 5.56 Å². The smallest absolute Gasteiger partial charge is 0.329 e. The topological polar surface area (TPSA) is 120 Å². The molecular formula is C21H22N3O5-. The summed E-state index contributed by atoms with van der Waals surface area (Å²) in [5.41, 5.74) is 3.22. The minimum atomic E-state index is -1.40. The molecule has 2 rings (SSSR count). The highest BCUT2D eigenvalue weighted by Crippen LogP contribution is 2.20. The van der Waals surface area contributed by atoms with E-state index in [0.29, 0.717) is 12.0 Å². The molecular weight excluding hydrogens is 374 g/mol. The van der Waals surface area contributed by atoms with Gasteiger partial charge < -0.3 is 20.0 Å². The fraction of sp³-hybridized carbons (Fsp3) is 0.238. The zero-order valence-corrected chi connectivity index (χ0v) is 16.2. The van der Waals surface area contributed by atoms with Crippen molar-refractivity contribution in [1.82, 2.24) is 10.7 Å². The first kappa shape index (κ1) is 21.6. The lowest BCUT2D eigenvalue weighted by atomic mass is 10.1. The number of carboxylic acids is 1. The van der Waals surface area contributed by atoms with Crippen LogP contribution in [0.4, 0.5) is 0 Å². The molecule has 0 aliphatic heterocycles. The lowest BCUT2D eigenvalue weighted by Crippen LogP contribution is -2.41. The molecule has 0 saturated heterocycles. The fourth-order valence-corrected chi connectivity index (χ4v) is 2.26. The lowest BCUT2D eigenvalue weighted by molar-refractivity contribution is -0.255. The van der Waals surface area contributed by atoms with Gasteiger partial charge in [0.05, 0.1) is 12.2 Å². The second kappa shape index (κ2) is 10.6. The summed E-state index contributed by atoms with van der Waals surface area (Å²) < 4.78 is 5.57. The average Bonchev–Trinajstić information content (AvgIpc) is 2.73. The van der Waals surface area contributed by atoms with Crippen molar-refractivity contribution in [3.63, 3.8) is 0 Å². The van der Waals surface area contributed by atoms with Gasteiger partial charge in [0.25, 0.3) is 0 Å². The van der Waals surface area contributed by atoms with Crippen molar-refractivity contribution in [3.8, 4) is 5.75 Å². The zero-order chi connectivity index (χ0) is 21.2. The first-order valence-electron chi connectivity index (χ1n) is 9.06. The van der Waals surface area contributed by atoms with Gasteiger partial charge in [-0.2, -0.15) is 5.10 Å². The van der Waals surface area contributed by atoms with Crippen LogP contribution in [0.2, 0.25) is 0 Å². The van der Waals surface area contributed by atoms with Crippen LogP contribution < -0.4 is 20.6 Å². The maximum absolute atomic E-state index is 11.7. The van der Waals surface area contributed by atoms with Crippen molar-refractivity contribution in [1.29, 1.82) is 0 Å². The first-order chi connectivity index (χ1) is 13.9. The number of carbonyl (C=O) groups is 3. The minimum Gasteiger partial charge on any atom is -0.545 e. The van der Waals surface area contributed by atoms with E-state index in [-0.39, 0.29) is 24.0 Å². The van der Waals surface area contributed by atoms with E-state index in [9.17, 15) is 19.5 Å². The zero-order valence-electron chi connectivity index (χ0n) is 16.2. The molecule has 1 atom stereocenters. The molecule has 0 bridgehead atoms. The van der Waals surface area contributed by atoms with Gasteiger partial charge in [0.15, 0.2) is 0 Å². The molecule has 2 aromatic rings. The molecule has 0 unspecified atom stereocenters. The van der Waals surface area contributed by atoms with E-state index in [1.165, 1.54) is 18.3 Å². The second-order valence-corrected chi connectivity index (χ2v) is 6.30. The van der Waals surface area contributed by atoms with Crippen LogP contribution in [-0.4, -0.2) is 30.0 Å². The molecule has 0 aromatic heterocycles. The van der Waals surface area contributed by atoms with Gasteiger partial charge >= 0.3 is 11.8 Å². The molecule has 0 heterocycles. The first-order valence-corrected chi connectivity index (χ1v) is 9.06. The predicted octanol–water partition coefficient (Wildman–Crippen LogP) is 0.994. The van der Waals surface area contributed by atoms with E-state index >= 15 is 0 Å². The predicted molar refractivity (Wildman–Crippen MR) is 105 cm³/mol.